The Morgan fingerprint density at radius 1 is 1.04 bits per heavy atom. The molecule has 0 aliphatic rings. The van der Waals surface area contributed by atoms with Gasteiger partial charge in [0, 0.05) is 5.69 Å². The summed E-state index contributed by atoms with van der Waals surface area (Å²) in [7, 11) is 0. The van der Waals surface area contributed by atoms with E-state index in [-0.39, 0.29) is 18.0 Å². The quantitative estimate of drug-likeness (QED) is 0.642. The zero-order valence-electron chi connectivity index (χ0n) is 15.6. The molecule has 1 aromatic heterocycles. The van der Waals surface area contributed by atoms with E-state index in [2.05, 4.69) is 5.32 Å². The summed E-state index contributed by atoms with van der Waals surface area (Å²) in [5.41, 5.74) is 1.86. The maximum absolute atomic E-state index is 12.4. The fraction of sp³-hybridized carbons (Fsp3) is 0.227. The van der Waals surface area contributed by atoms with Crippen molar-refractivity contribution >= 4 is 11.6 Å². The Kier molecular flexibility index (Phi) is 6.28. The van der Waals surface area contributed by atoms with Gasteiger partial charge in [0.05, 0.1) is 6.26 Å². The summed E-state index contributed by atoms with van der Waals surface area (Å²) in [4.78, 5) is 12.4. The smallest absolute Gasteiger partial charge is 0.282 e. The van der Waals surface area contributed by atoms with Crippen LogP contribution in [0.15, 0.2) is 77.4 Å². The molecule has 5 heteroatoms. The van der Waals surface area contributed by atoms with Crippen molar-refractivity contribution in [2.75, 3.05) is 5.32 Å². The molecule has 27 heavy (non-hydrogen) atoms. The summed E-state index contributed by atoms with van der Waals surface area (Å²) in [6.07, 6.45) is 1.64. The number of anilines is 1. The number of ether oxygens (including phenoxy) is 1. The second-order valence-corrected chi connectivity index (χ2v) is 6.57. The molecule has 0 aliphatic heterocycles. The largest absolute Gasteiger partial charge is 0.489 e. The highest BCUT2D eigenvalue weighted by molar-refractivity contribution is 5.93. The van der Waals surface area contributed by atoms with Crippen molar-refractivity contribution in [2.24, 2.45) is 0 Å². The molecular formula is C22H25N2O3+. The number of furan rings is 1. The van der Waals surface area contributed by atoms with Gasteiger partial charge in [0.25, 0.3) is 5.91 Å². The van der Waals surface area contributed by atoms with E-state index in [1.165, 1.54) is 0 Å². The van der Waals surface area contributed by atoms with Crippen molar-refractivity contribution in [1.29, 1.82) is 0 Å². The van der Waals surface area contributed by atoms with Crippen LogP contribution < -0.4 is 15.4 Å². The molecule has 0 spiro atoms. The molecular weight excluding hydrogens is 340 g/mol. The summed E-state index contributed by atoms with van der Waals surface area (Å²) >= 11 is 0. The number of rotatable bonds is 8. The molecule has 0 saturated heterocycles. The summed E-state index contributed by atoms with van der Waals surface area (Å²) < 4.78 is 11.1. The predicted molar refractivity (Wildman–Crippen MR) is 104 cm³/mol. The van der Waals surface area contributed by atoms with E-state index < -0.39 is 0 Å². The van der Waals surface area contributed by atoms with Crippen LogP contribution in [-0.4, -0.2) is 11.9 Å². The third-order valence-corrected chi connectivity index (χ3v) is 4.35. The van der Waals surface area contributed by atoms with E-state index in [0.717, 1.165) is 22.8 Å². The zero-order valence-corrected chi connectivity index (χ0v) is 15.6. The summed E-state index contributed by atoms with van der Waals surface area (Å²) in [6, 6.07) is 21.0. The molecule has 0 radical (unpaired) electrons. The van der Waals surface area contributed by atoms with Gasteiger partial charge in [-0.1, -0.05) is 30.3 Å². The Morgan fingerprint density at radius 3 is 2.44 bits per heavy atom. The first kappa shape index (κ1) is 18.7. The van der Waals surface area contributed by atoms with E-state index in [1.54, 1.807) is 6.26 Å². The molecule has 0 fully saturated rings. The minimum absolute atomic E-state index is 0.0497. The zero-order chi connectivity index (χ0) is 19.1. The Bertz CT molecular complexity index is 830. The summed E-state index contributed by atoms with van der Waals surface area (Å²) in [5, 5.41) is 4.91. The molecule has 140 valence electrons. The molecule has 3 aromatic rings. The third kappa shape index (κ3) is 5.46. The van der Waals surface area contributed by atoms with Crippen LogP contribution in [0.25, 0.3) is 0 Å². The molecule has 0 aliphatic carbocycles. The third-order valence-electron chi connectivity index (χ3n) is 4.35. The first-order valence-corrected chi connectivity index (χ1v) is 9.08. The Hall–Kier alpha value is -3.05. The number of nitrogens with one attached hydrogen (secondary N) is 1. The van der Waals surface area contributed by atoms with Crippen molar-refractivity contribution in [2.45, 2.75) is 32.5 Å². The van der Waals surface area contributed by atoms with Crippen molar-refractivity contribution < 1.29 is 19.3 Å². The summed E-state index contributed by atoms with van der Waals surface area (Å²) in [5.74, 6) is 1.57. The molecule has 2 aromatic carbocycles. The first-order chi connectivity index (χ1) is 13.1. The number of carbonyl (C=O) groups excluding carboxylic acids is 1. The van der Waals surface area contributed by atoms with E-state index in [4.69, 9.17) is 9.15 Å². The number of amides is 1. The van der Waals surface area contributed by atoms with Gasteiger partial charge >= 0.3 is 0 Å². The van der Waals surface area contributed by atoms with Gasteiger partial charge in [-0.15, -0.1) is 0 Å². The van der Waals surface area contributed by atoms with E-state index in [0.29, 0.717) is 6.61 Å². The fourth-order valence-electron chi connectivity index (χ4n) is 2.80. The Morgan fingerprint density at radius 2 is 1.78 bits per heavy atom. The number of carbonyl (C=O) groups is 1. The van der Waals surface area contributed by atoms with Crippen LogP contribution in [0.5, 0.6) is 5.75 Å². The number of nitrogens with two attached hydrogens (primary N) is 1. The minimum atomic E-state index is -0.237. The highest BCUT2D eigenvalue weighted by atomic mass is 16.5. The molecule has 0 bridgehead atoms. The normalized spacial score (nSPS) is 13.0. The maximum atomic E-state index is 12.4. The molecule has 2 atom stereocenters. The van der Waals surface area contributed by atoms with Gasteiger partial charge in [-0.05, 0) is 55.8 Å². The average molecular weight is 365 g/mol. The fourth-order valence-corrected chi connectivity index (χ4v) is 2.80. The highest BCUT2D eigenvalue weighted by Gasteiger charge is 2.21. The Balaban J connectivity index is 1.49. The Labute approximate surface area is 159 Å². The molecule has 1 heterocycles. The minimum Gasteiger partial charge on any atom is -0.489 e. The van der Waals surface area contributed by atoms with Gasteiger partial charge in [0.2, 0.25) is 0 Å². The lowest BCUT2D eigenvalue weighted by molar-refractivity contribution is -0.711. The van der Waals surface area contributed by atoms with Gasteiger partial charge < -0.3 is 19.8 Å². The van der Waals surface area contributed by atoms with Crippen molar-refractivity contribution in [3.63, 3.8) is 0 Å². The first-order valence-electron chi connectivity index (χ1n) is 9.08. The van der Waals surface area contributed by atoms with Gasteiger partial charge in [0.15, 0.2) is 11.8 Å². The van der Waals surface area contributed by atoms with Crippen molar-refractivity contribution in [3.05, 3.63) is 84.3 Å². The average Bonchev–Trinajstić information content (AvgIpc) is 3.23. The van der Waals surface area contributed by atoms with Gasteiger partial charge in [-0.25, -0.2) is 0 Å². The van der Waals surface area contributed by atoms with Crippen LogP contribution in [0.2, 0.25) is 0 Å². The van der Waals surface area contributed by atoms with E-state index in [9.17, 15) is 4.79 Å². The maximum Gasteiger partial charge on any atom is 0.282 e. The van der Waals surface area contributed by atoms with Crippen LogP contribution in [0.3, 0.4) is 0 Å². The second-order valence-electron chi connectivity index (χ2n) is 6.57. The number of quaternary nitrogens is 1. The summed E-state index contributed by atoms with van der Waals surface area (Å²) in [6.45, 7) is 4.41. The molecule has 3 N–H and O–H groups in total. The monoisotopic (exact) mass is 365 g/mol. The van der Waals surface area contributed by atoms with Gasteiger partial charge in [0.1, 0.15) is 18.4 Å². The van der Waals surface area contributed by atoms with Crippen LogP contribution in [0.1, 0.15) is 31.2 Å². The molecule has 3 rings (SSSR count). The second kappa shape index (κ2) is 9.05. The topological polar surface area (TPSA) is 68.1 Å². The van der Waals surface area contributed by atoms with Gasteiger partial charge in [-0.2, -0.15) is 0 Å². The molecule has 0 saturated carbocycles. The standard InChI is InChI=1S/C22H24N2O3/c1-16(21-9-6-14-26-21)23-17(2)22(25)24-19-10-12-20(13-11-19)27-15-18-7-4-3-5-8-18/h3-14,16-17,23H,15H2,1-2H3,(H,24,25)/p+1/t16-,17+/m1/s1. The number of hydrogen-bond donors (Lipinski definition) is 2. The van der Waals surface area contributed by atoms with Crippen LogP contribution in [-0.2, 0) is 11.4 Å². The van der Waals surface area contributed by atoms with Crippen LogP contribution >= 0.6 is 0 Å². The van der Waals surface area contributed by atoms with E-state index in [1.807, 2.05) is 85.9 Å². The van der Waals surface area contributed by atoms with Crippen LogP contribution in [0, 0.1) is 0 Å². The number of hydrogen-bond acceptors (Lipinski definition) is 3. The van der Waals surface area contributed by atoms with Gasteiger partial charge in [-0.3, -0.25) is 4.79 Å². The lowest BCUT2D eigenvalue weighted by atomic mass is 10.2. The lowest BCUT2D eigenvalue weighted by Gasteiger charge is -2.15. The predicted octanol–water partition coefficient (Wildman–Crippen LogP) is 3.51. The number of benzene rings is 2. The molecule has 1 amide bonds. The van der Waals surface area contributed by atoms with Crippen LogP contribution in [0.4, 0.5) is 5.69 Å². The van der Waals surface area contributed by atoms with Crippen molar-refractivity contribution in [3.8, 4) is 5.75 Å². The van der Waals surface area contributed by atoms with E-state index >= 15 is 0 Å². The highest BCUT2D eigenvalue weighted by Crippen LogP contribution is 2.17. The van der Waals surface area contributed by atoms with Crippen molar-refractivity contribution in [1.82, 2.24) is 0 Å². The lowest BCUT2D eigenvalue weighted by Crippen LogP contribution is -2.91. The molecule has 0 unspecified atom stereocenters. The molecule has 5 nitrogen and oxygen atoms in total. The SMILES string of the molecule is C[C@H]([NH2+][C@H](C)c1ccco1)C(=O)Nc1ccc(OCc2ccccc2)cc1.